The van der Waals surface area contributed by atoms with Gasteiger partial charge < -0.3 is 47.0 Å². The van der Waals surface area contributed by atoms with E-state index < -0.39 is 60.7 Å². The number of hydrogen-bond donors (Lipinski definition) is 9. The van der Waals surface area contributed by atoms with E-state index in [-0.39, 0.29) is 42.9 Å². The molecule has 1 fully saturated rings. The van der Waals surface area contributed by atoms with Crippen molar-refractivity contribution >= 4 is 47.6 Å². The predicted octanol–water partition coefficient (Wildman–Crippen LogP) is 0.417. The predicted molar refractivity (Wildman–Crippen MR) is 160 cm³/mol. The number of carbonyl (C=O) groups excluding carboxylic acids is 4. The van der Waals surface area contributed by atoms with Crippen LogP contribution in [0.4, 0.5) is 4.79 Å². The molecule has 0 heterocycles. The maximum Gasteiger partial charge on any atom is 0.326 e. The van der Waals surface area contributed by atoms with E-state index in [1.807, 2.05) is 5.32 Å². The highest BCUT2D eigenvalue weighted by molar-refractivity contribution is 5.87. The van der Waals surface area contributed by atoms with Gasteiger partial charge in [-0.2, -0.15) is 0 Å². The zero-order valence-electron chi connectivity index (χ0n) is 25.9. The second-order valence-corrected chi connectivity index (χ2v) is 11.3. The number of rotatable bonds is 23. The molecule has 5 amide bonds. The summed E-state index contributed by atoms with van der Waals surface area (Å²) < 4.78 is 0. The van der Waals surface area contributed by atoms with Crippen LogP contribution in [0.25, 0.3) is 0 Å². The van der Waals surface area contributed by atoms with Gasteiger partial charge >= 0.3 is 29.9 Å². The first kappa shape index (κ1) is 39.6. The number of carboxylic acid groups (broad SMARTS) is 4. The number of carboxylic acids is 4. The standard InChI is InChI=1S/C29H47N5O12/c35-22(30-16-4-6-24(37)38)5-2-1-3-15-31-26(41)19-9-7-18(8-10-19)17-32-23(36)13-11-20(27(42)43)33-29(46)34-21(28(44)45)12-14-25(39)40/h18-21H,1-17H2,(H,30,35)(H,31,41)(H,32,36)(H,37,38)(H,39,40)(H,42,43)(H,44,45)(H2,33,34,46). The Kier molecular flexibility index (Phi) is 19.0. The molecule has 0 aliphatic heterocycles. The van der Waals surface area contributed by atoms with Crippen LogP contribution in [0, 0.1) is 11.8 Å². The molecule has 46 heavy (non-hydrogen) atoms. The maximum atomic E-state index is 12.5. The summed E-state index contributed by atoms with van der Waals surface area (Å²) in [5.74, 6) is -5.58. The minimum Gasteiger partial charge on any atom is -0.481 e. The molecule has 0 radical (unpaired) electrons. The number of nitrogens with one attached hydrogen (secondary N) is 5. The van der Waals surface area contributed by atoms with Crippen molar-refractivity contribution in [2.75, 3.05) is 19.6 Å². The summed E-state index contributed by atoms with van der Waals surface area (Å²) in [5.41, 5.74) is 0. The Hall–Kier alpha value is -4.44. The SMILES string of the molecule is O=C(O)CCCNC(=O)CCCCCNC(=O)C1CCC(CNC(=O)CCC(NC(=O)NC(CCC(=O)O)C(=O)O)C(=O)O)CC1. The Bertz CT molecular complexity index is 1060. The van der Waals surface area contributed by atoms with Crippen LogP contribution in [0.1, 0.15) is 89.9 Å². The van der Waals surface area contributed by atoms with Crippen LogP contribution in [-0.2, 0) is 33.6 Å². The number of aliphatic carboxylic acids is 4. The van der Waals surface area contributed by atoms with Crippen molar-refractivity contribution in [3.8, 4) is 0 Å². The molecule has 0 aromatic carbocycles. The van der Waals surface area contributed by atoms with Crippen molar-refractivity contribution in [3.63, 3.8) is 0 Å². The quantitative estimate of drug-likeness (QED) is 0.0676. The first-order valence-electron chi connectivity index (χ1n) is 15.6. The van der Waals surface area contributed by atoms with E-state index in [2.05, 4.69) is 21.3 Å². The van der Waals surface area contributed by atoms with E-state index >= 15 is 0 Å². The fraction of sp³-hybridized carbons (Fsp3) is 0.724. The smallest absolute Gasteiger partial charge is 0.326 e. The van der Waals surface area contributed by atoms with Crippen LogP contribution >= 0.6 is 0 Å². The van der Waals surface area contributed by atoms with Crippen molar-refractivity contribution in [3.05, 3.63) is 0 Å². The molecule has 0 saturated heterocycles. The molecule has 0 aromatic rings. The monoisotopic (exact) mass is 657 g/mol. The van der Waals surface area contributed by atoms with Gasteiger partial charge in [-0.25, -0.2) is 14.4 Å². The lowest BCUT2D eigenvalue weighted by Crippen LogP contribution is -2.51. The Balaban J connectivity index is 2.23. The summed E-state index contributed by atoms with van der Waals surface area (Å²) in [7, 11) is 0. The summed E-state index contributed by atoms with van der Waals surface area (Å²) in [5, 5.41) is 48.3. The van der Waals surface area contributed by atoms with Crippen molar-refractivity contribution in [2.24, 2.45) is 11.8 Å². The molecule has 2 atom stereocenters. The number of urea groups is 1. The first-order chi connectivity index (χ1) is 21.8. The lowest BCUT2D eigenvalue weighted by Gasteiger charge is -2.28. The van der Waals surface area contributed by atoms with Crippen LogP contribution < -0.4 is 26.6 Å². The third-order valence-electron chi connectivity index (χ3n) is 7.59. The topological polar surface area (TPSA) is 278 Å². The summed E-state index contributed by atoms with van der Waals surface area (Å²) in [6.45, 7) is 1.20. The number of carbonyl (C=O) groups is 8. The molecular formula is C29H47N5O12. The minimum absolute atomic E-state index is 0.0137. The molecule has 0 aromatic heterocycles. The Morgan fingerprint density at radius 3 is 1.67 bits per heavy atom. The van der Waals surface area contributed by atoms with E-state index in [0.29, 0.717) is 51.7 Å². The van der Waals surface area contributed by atoms with E-state index in [1.54, 1.807) is 0 Å². The molecule has 0 spiro atoms. The second kappa shape index (κ2) is 22.1. The molecule has 2 unspecified atom stereocenters. The van der Waals surface area contributed by atoms with Gasteiger partial charge in [-0.3, -0.25) is 24.0 Å². The summed E-state index contributed by atoms with van der Waals surface area (Å²) in [4.78, 5) is 92.5. The van der Waals surface area contributed by atoms with Gasteiger partial charge in [-0.05, 0) is 63.7 Å². The lowest BCUT2D eigenvalue weighted by molar-refractivity contribution is -0.141. The van der Waals surface area contributed by atoms with Gasteiger partial charge in [0, 0.05) is 51.2 Å². The maximum absolute atomic E-state index is 12.5. The molecule has 1 saturated carbocycles. The molecule has 1 rings (SSSR count). The number of amides is 5. The minimum atomic E-state index is -1.53. The highest BCUT2D eigenvalue weighted by Gasteiger charge is 2.28. The van der Waals surface area contributed by atoms with Gasteiger partial charge in [0.1, 0.15) is 12.1 Å². The van der Waals surface area contributed by atoms with Crippen molar-refractivity contribution in [1.82, 2.24) is 26.6 Å². The van der Waals surface area contributed by atoms with Crippen molar-refractivity contribution in [2.45, 2.75) is 102 Å². The van der Waals surface area contributed by atoms with E-state index in [4.69, 9.17) is 15.3 Å². The van der Waals surface area contributed by atoms with Gasteiger partial charge in [0.05, 0.1) is 0 Å². The van der Waals surface area contributed by atoms with Crippen LogP contribution in [-0.4, -0.2) is 99.8 Å². The van der Waals surface area contributed by atoms with Gasteiger partial charge in [0.25, 0.3) is 0 Å². The molecule has 9 N–H and O–H groups in total. The van der Waals surface area contributed by atoms with Gasteiger partial charge in [0.15, 0.2) is 0 Å². The van der Waals surface area contributed by atoms with Crippen molar-refractivity contribution in [1.29, 1.82) is 0 Å². The lowest BCUT2D eigenvalue weighted by atomic mass is 9.81. The zero-order valence-corrected chi connectivity index (χ0v) is 25.9. The third-order valence-corrected chi connectivity index (χ3v) is 7.59. The Morgan fingerprint density at radius 2 is 1.11 bits per heavy atom. The second-order valence-electron chi connectivity index (χ2n) is 11.3. The first-order valence-corrected chi connectivity index (χ1v) is 15.6. The van der Waals surface area contributed by atoms with Gasteiger partial charge in [-0.1, -0.05) is 6.42 Å². The highest BCUT2D eigenvalue weighted by Crippen LogP contribution is 2.28. The van der Waals surface area contributed by atoms with Crippen LogP contribution in [0.3, 0.4) is 0 Å². The molecule has 260 valence electrons. The van der Waals surface area contributed by atoms with Gasteiger partial charge in [-0.15, -0.1) is 0 Å². The zero-order chi connectivity index (χ0) is 34.5. The molecular weight excluding hydrogens is 610 g/mol. The largest absolute Gasteiger partial charge is 0.481 e. The van der Waals surface area contributed by atoms with Crippen LogP contribution in [0.5, 0.6) is 0 Å². The highest BCUT2D eigenvalue weighted by atomic mass is 16.4. The average Bonchev–Trinajstić information content (AvgIpc) is 2.99. The number of unbranched alkanes of at least 4 members (excludes halogenated alkanes) is 2. The Labute approximate surface area is 266 Å². The van der Waals surface area contributed by atoms with E-state index in [1.165, 1.54) is 0 Å². The molecule has 17 nitrogen and oxygen atoms in total. The Morgan fingerprint density at radius 1 is 0.565 bits per heavy atom. The van der Waals surface area contributed by atoms with E-state index in [9.17, 15) is 43.5 Å². The van der Waals surface area contributed by atoms with Crippen molar-refractivity contribution < 1.29 is 58.8 Å². The van der Waals surface area contributed by atoms with E-state index in [0.717, 1.165) is 25.7 Å². The molecule has 17 heteroatoms. The molecule has 0 bridgehead atoms. The fourth-order valence-corrected chi connectivity index (χ4v) is 4.89. The summed E-state index contributed by atoms with van der Waals surface area (Å²) >= 11 is 0. The normalized spacial score (nSPS) is 17.0. The average molecular weight is 658 g/mol. The number of hydrogen-bond acceptors (Lipinski definition) is 8. The summed E-state index contributed by atoms with van der Waals surface area (Å²) in [6, 6.07) is -4.12. The summed E-state index contributed by atoms with van der Waals surface area (Å²) in [6.07, 6.45) is 4.34. The van der Waals surface area contributed by atoms with Crippen LogP contribution in [0.2, 0.25) is 0 Å². The fourth-order valence-electron chi connectivity index (χ4n) is 4.89. The van der Waals surface area contributed by atoms with Gasteiger partial charge in [0.2, 0.25) is 17.7 Å². The molecule has 1 aliphatic carbocycles. The molecule has 1 aliphatic rings. The third kappa shape index (κ3) is 18.4. The van der Waals surface area contributed by atoms with Crippen LogP contribution in [0.15, 0.2) is 0 Å².